The van der Waals surface area contributed by atoms with Gasteiger partial charge in [0.1, 0.15) is 22.8 Å². The number of Topliss-reactive ketones (excluding diaryl/α,β-unsaturated/α-hetero) is 1. The minimum absolute atomic E-state index is 0.160. The van der Waals surface area contributed by atoms with Gasteiger partial charge in [0.05, 0.1) is 35.5 Å². The second-order valence-electron chi connectivity index (χ2n) is 11.5. The van der Waals surface area contributed by atoms with E-state index in [1.165, 1.54) is 24.4 Å². The molecule has 2 aliphatic heterocycles. The molecule has 7 rings (SSSR count). The number of nitrogens with zero attached hydrogens (tertiary/aromatic N) is 9. The number of nitrogens with one attached hydrogen (secondary N) is 4. The highest BCUT2D eigenvalue weighted by Gasteiger charge is 2.31. The summed E-state index contributed by atoms with van der Waals surface area (Å²) in [6, 6.07) is 11.2. The lowest BCUT2D eigenvalue weighted by atomic mass is 10.1. The van der Waals surface area contributed by atoms with Crippen molar-refractivity contribution >= 4 is 34.4 Å². The van der Waals surface area contributed by atoms with Crippen LogP contribution in [0.25, 0.3) is 28.0 Å². The molecule has 4 aromatic heterocycles. The van der Waals surface area contributed by atoms with Gasteiger partial charge < -0.3 is 30.2 Å². The summed E-state index contributed by atoms with van der Waals surface area (Å²) in [6.07, 6.45) is 2.96. The van der Waals surface area contributed by atoms with Crippen molar-refractivity contribution in [2.75, 3.05) is 77.5 Å². The van der Waals surface area contributed by atoms with Crippen LogP contribution in [0.4, 0.5) is 5.95 Å². The number of pyridine rings is 1. The van der Waals surface area contributed by atoms with E-state index < -0.39 is 11.7 Å². The van der Waals surface area contributed by atoms with Crippen LogP contribution in [0.2, 0.25) is 0 Å². The third-order valence-corrected chi connectivity index (χ3v) is 8.62. The van der Waals surface area contributed by atoms with E-state index in [0.717, 1.165) is 38.4 Å². The number of methoxy groups -OCH3 is 1. The number of hydrogen-bond donors (Lipinski definition) is 4. The van der Waals surface area contributed by atoms with E-state index in [2.05, 4.69) is 51.2 Å². The fraction of sp³-hybridized carbons (Fsp3) is 0.355. The van der Waals surface area contributed by atoms with Gasteiger partial charge in [-0.25, -0.2) is 4.98 Å². The zero-order chi connectivity index (χ0) is 33.0. The van der Waals surface area contributed by atoms with Gasteiger partial charge in [0, 0.05) is 71.6 Å². The molecule has 0 bridgehead atoms. The first-order chi connectivity index (χ1) is 23.5. The summed E-state index contributed by atoms with van der Waals surface area (Å²) in [4.78, 5) is 53.4. The summed E-state index contributed by atoms with van der Waals surface area (Å²) in [5, 5.41) is 25.9. The molecule has 17 nitrogen and oxygen atoms in total. The van der Waals surface area contributed by atoms with Crippen molar-refractivity contribution < 1.29 is 19.1 Å². The number of H-pyrrole nitrogens is 2. The van der Waals surface area contributed by atoms with Crippen molar-refractivity contribution in [1.29, 1.82) is 0 Å². The molecule has 2 amide bonds. The van der Waals surface area contributed by atoms with Crippen LogP contribution in [0.3, 0.4) is 0 Å². The number of carbonyl (C=O) groups excluding carboxylic acids is 3. The van der Waals surface area contributed by atoms with Gasteiger partial charge in [-0.05, 0) is 28.6 Å². The van der Waals surface area contributed by atoms with Gasteiger partial charge in [-0.2, -0.15) is 9.78 Å². The highest BCUT2D eigenvalue weighted by Crippen LogP contribution is 2.34. The molecule has 4 N–H and O–H groups in total. The topological polar surface area (TPSA) is 195 Å². The lowest BCUT2D eigenvalue weighted by Gasteiger charge is -2.34. The molecular formula is C31H35N13O4. The number of ether oxygens (including phenoxy) is 1. The maximum atomic E-state index is 13.7. The number of para-hydroxylation sites is 1. The molecule has 0 atom stereocenters. The van der Waals surface area contributed by atoms with Gasteiger partial charge in [-0.15, -0.1) is 0 Å². The molecule has 17 heteroatoms. The van der Waals surface area contributed by atoms with Crippen molar-refractivity contribution in [2.24, 2.45) is 0 Å². The van der Waals surface area contributed by atoms with Crippen LogP contribution < -0.4 is 20.3 Å². The molecule has 5 aromatic rings. The summed E-state index contributed by atoms with van der Waals surface area (Å²) in [6.45, 7) is 6.57. The molecule has 0 radical (unpaired) electrons. The van der Waals surface area contributed by atoms with Gasteiger partial charge in [0.2, 0.25) is 5.95 Å². The van der Waals surface area contributed by atoms with Crippen LogP contribution in [-0.2, 0) is 4.79 Å². The Bertz CT molecular complexity index is 1920. The standard InChI is InChI=1S/C31H35N13O4/c1-48-24-19-35-26(22-17-23(37-36-22)29(46)33-9-12-41-10-7-32-8-11-41)27-25(24)21(18-34-27)28(45)30(47)42-13-15-43(16-14-42)31-38-39-40-44(31)20-5-3-2-4-6-20/h2-6,17-19,32,34H,7-16H2,1H3,(H,33,46)(H,36,37). The number of tetrazole rings is 1. The van der Waals surface area contributed by atoms with Gasteiger partial charge in [0.25, 0.3) is 17.6 Å². The van der Waals surface area contributed by atoms with E-state index in [-0.39, 0.29) is 17.2 Å². The number of rotatable bonds is 10. The summed E-state index contributed by atoms with van der Waals surface area (Å²) in [5.74, 6) is -0.692. The average molecular weight is 654 g/mol. The number of fused-ring (bicyclic) bond motifs is 1. The van der Waals surface area contributed by atoms with Crippen LogP contribution in [0.1, 0.15) is 20.8 Å². The van der Waals surface area contributed by atoms with Crippen molar-refractivity contribution in [3.8, 4) is 22.8 Å². The first-order valence-corrected chi connectivity index (χ1v) is 15.8. The normalized spacial score (nSPS) is 15.5. The molecule has 0 saturated carbocycles. The molecule has 2 saturated heterocycles. The van der Waals surface area contributed by atoms with Crippen molar-refractivity contribution in [3.05, 3.63) is 60.0 Å². The zero-order valence-electron chi connectivity index (χ0n) is 26.3. The number of benzene rings is 1. The monoisotopic (exact) mass is 653 g/mol. The Hall–Kier alpha value is -5.68. The Kier molecular flexibility index (Phi) is 8.76. The molecule has 0 spiro atoms. The predicted octanol–water partition coefficient (Wildman–Crippen LogP) is 0.104. The minimum Gasteiger partial charge on any atom is -0.494 e. The zero-order valence-corrected chi connectivity index (χ0v) is 26.3. The first kappa shape index (κ1) is 30.9. The summed E-state index contributed by atoms with van der Waals surface area (Å²) in [5.41, 5.74) is 2.52. The van der Waals surface area contributed by atoms with Crippen LogP contribution >= 0.6 is 0 Å². The Balaban J connectivity index is 1.04. The Morgan fingerprint density at radius 2 is 1.81 bits per heavy atom. The number of aromatic amines is 2. The highest BCUT2D eigenvalue weighted by molar-refractivity contribution is 6.45. The van der Waals surface area contributed by atoms with E-state index in [1.807, 2.05) is 35.2 Å². The minimum atomic E-state index is -0.675. The number of carbonyl (C=O) groups is 3. The Labute approximate surface area is 274 Å². The third kappa shape index (κ3) is 6.07. The Morgan fingerprint density at radius 3 is 2.58 bits per heavy atom. The molecule has 48 heavy (non-hydrogen) atoms. The van der Waals surface area contributed by atoms with Crippen LogP contribution in [0.5, 0.6) is 5.75 Å². The quantitative estimate of drug-likeness (QED) is 0.118. The van der Waals surface area contributed by atoms with E-state index in [1.54, 1.807) is 10.7 Å². The van der Waals surface area contributed by atoms with Crippen molar-refractivity contribution in [2.45, 2.75) is 0 Å². The van der Waals surface area contributed by atoms with Crippen LogP contribution in [-0.4, -0.2) is 140 Å². The molecule has 248 valence electrons. The third-order valence-electron chi connectivity index (χ3n) is 8.62. The highest BCUT2D eigenvalue weighted by atomic mass is 16.5. The predicted molar refractivity (Wildman–Crippen MR) is 174 cm³/mol. The number of anilines is 1. The van der Waals surface area contributed by atoms with E-state index in [0.29, 0.717) is 66.7 Å². The van der Waals surface area contributed by atoms with Crippen molar-refractivity contribution in [1.82, 2.24) is 60.8 Å². The number of aromatic nitrogens is 8. The Morgan fingerprint density at radius 1 is 1.02 bits per heavy atom. The van der Waals surface area contributed by atoms with Gasteiger partial charge >= 0.3 is 0 Å². The molecule has 6 heterocycles. The second-order valence-corrected chi connectivity index (χ2v) is 11.5. The fourth-order valence-corrected chi connectivity index (χ4v) is 6.05. The largest absolute Gasteiger partial charge is 0.494 e. The lowest BCUT2D eigenvalue weighted by molar-refractivity contribution is -0.126. The van der Waals surface area contributed by atoms with Crippen molar-refractivity contribution in [3.63, 3.8) is 0 Å². The fourth-order valence-electron chi connectivity index (χ4n) is 6.05. The SMILES string of the molecule is COc1cnc(-c2cc(C(=O)NCCN3CCNCC3)[nH]n2)c2[nH]cc(C(=O)C(=O)N3CCN(c4nnnn4-c4ccccc4)CC3)c12. The maximum Gasteiger partial charge on any atom is 0.295 e. The molecular weight excluding hydrogens is 618 g/mol. The van der Waals surface area contributed by atoms with Crippen LogP contribution in [0.15, 0.2) is 48.8 Å². The van der Waals surface area contributed by atoms with Gasteiger partial charge in [-0.3, -0.25) is 24.4 Å². The summed E-state index contributed by atoms with van der Waals surface area (Å²) >= 11 is 0. The molecule has 2 fully saturated rings. The molecule has 2 aliphatic rings. The second kappa shape index (κ2) is 13.6. The van der Waals surface area contributed by atoms with E-state index in [4.69, 9.17) is 4.74 Å². The smallest absolute Gasteiger partial charge is 0.295 e. The number of amides is 2. The summed E-state index contributed by atoms with van der Waals surface area (Å²) in [7, 11) is 1.47. The van der Waals surface area contributed by atoms with Gasteiger partial charge in [0.15, 0.2) is 0 Å². The maximum absolute atomic E-state index is 13.7. The van der Waals surface area contributed by atoms with Crippen LogP contribution in [0, 0.1) is 0 Å². The molecule has 0 unspecified atom stereocenters. The first-order valence-electron chi connectivity index (χ1n) is 15.8. The number of piperazine rings is 2. The number of ketones is 1. The lowest BCUT2D eigenvalue weighted by Crippen LogP contribution is -2.51. The summed E-state index contributed by atoms with van der Waals surface area (Å²) < 4.78 is 7.19. The average Bonchev–Trinajstić information content (AvgIpc) is 3.92. The number of hydrogen-bond acceptors (Lipinski definition) is 12. The molecule has 0 aliphatic carbocycles. The van der Waals surface area contributed by atoms with E-state index in [9.17, 15) is 14.4 Å². The van der Waals surface area contributed by atoms with Gasteiger partial charge in [-0.1, -0.05) is 23.3 Å². The molecule has 1 aromatic carbocycles. The van der Waals surface area contributed by atoms with E-state index >= 15 is 0 Å².